The van der Waals surface area contributed by atoms with E-state index in [1.54, 1.807) is 32.9 Å². The van der Waals surface area contributed by atoms with Gasteiger partial charge in [-0.1, -0.05) is 32.4 Å². The van der Waals surface area contributed by atoms with Crippen LogP contribution in [0.5, 0.6) is 0 Å². The summed E-state index contributed by atoms with van der Waals surface area (Å²) in [5, 5.41) is -1.87. The summed E-state index contributed by atoms with van der Waals surface area (Å²) in [5.74, 6) is 0.464. The van der Waals surface area contributed by atoms with Crippen molar-refractivity contribution in [2.24, 2.45) is 0 Å². The van der Waals surface area contributed by atoms with Gasteiger partial charge in [-0.05, 0) is 32.9 Å². The van der Waals surface area contributed by atoms with Gasteiger partial charge < -0.3 is 14.1 Å². The molecule has 0 aliphatic carbocycles. The maximum absolute atomic E-state index is 15.8. The highest BCUT2D eigenvalue weighted by atomic mass is 35.5. The van der Waals surface area contributed by atoms with Crippen molar-refractivity contribution in [1.29, 1.82) is 0 Å². The van der Waals surface area contributed by atoms with E-state index in [1.807, 2.05) is 20.8 Å². The van der Waals surface area contributed by atoms with Gasteiger partial charge in [-0.25, -0.2) is 14.2 Å². The van der Waals surface area contributed by atoms with Crippen molar-refractivity contribution in [3.05, 3.63) is 23.0 Å². The molecule has 0 spiro atoms. The number of likely N-dealkylation sites (tertiary alicyclic amines) is 1. The molecule has 1 fully saturated rings. The summed E-state index contributed by atoms with van der Waals surface area (Å²) in [6.07, 6.45) is -0.682. The Morgan fingerprint density at radius 3 is 2.37 bits per heavy atom. The summed E-state index contributed by atoms with van der Waals surface area (Å²) in [5.41, 5.74) is -0.263. The average molecular weight is 459 g/mol. The molecular formula is C21H28ClFN2O4S. The molecule has 1 saturated heterocycles. The predicted octanol–water partition coefficient (Wildman–Crippen LogP) is 5.58. The lowest BCUT2D eigenvalue weighted by atomic mass is 9.97. The molecule has 1 aliphatic rings. The second-order valence-electron chi connectivity index (χ2n) is 9.61. The van der Waals surface area contributed by atoms with E-state index < -0.39 is 27.5 Å². The van der Waals surface area contributed by atoms with Crippen molar-refractivity contribution in [1.82, 2.24) is 9.88 Å². The van der Waals surface area contributed by atoms with E-state index >= 15 is 4.39 Å². The highest BCUT2D eigenvalue weighted by molar-refractivity contribution is 7.86. The van der Waals surface area contributed by atoms with Gasteiger partial charge in [0.2, 0.25) is 5.89 Å². The van der Waals surface area contributed by atoms with E-state index in [4.69, 9.17) is 20.8 Å². The zero-order valence-corrected chi connectivity index (χ0v) is 19.7. The smallest absolute Gasteiger partial charge is 0.410 e. The fourth-order valence-corrected chi connectivity index (χ4v) is 4.99. The molecule has 1 aromatic carbocycles. The van der Waals surface area contributed by atoms with E-state index in [1.165, 1.54) is 4.90 Å². The van der Waals surface area contributed by atoms with Crippen LogP contribution < -0.4 is 0 Å². The molecule has 1 unspecified atom stereocenters. The number of hydrogen-bond acceptors (Lipinski definition) is 5. The van der Waals surface area contributed by atoms with Gasteiger partial charge in [0.15, 0.2) is 10.6 Å². The third-order valence-electron chi connectivity index (χ3n) is 4.79. The van der Waals surface area contributed by atoms with Crippen LogP contribution in [0.25, 0.3) is 11.1 Å². The number of carbonyl (C=O) groups excluding carboxylic acids is 1. The summed E-state index contributed by atoms with van der Waals surface area (Å²) in [6.45, 7) is 11.4. The Morgan fingerprint density at radius 2 is 1.83 bits per heavy atom. The summed E-state index contributed by atoms with van der Waals surface area (Å²) >= 11 is 6.32. The van der Waals surface area contributed by atoms with Crippen LogP contribution in [-0.4, -0.2) is 43.9 Å². The number of alkyl halides is 1. The first-order valence-electron chi connectivity index (χ1n) is 9.89. The minimum atomic E-state index is -2.09. The number of oxazole rings is 1. The Kier molecular flexibility index (Phi) is 5.97. The van der Waals surface area contributed by atoms with Gasteiger partial charge in [-0.2, -0.15) is 0 Å². The molecule has 0 N–H and O–H groups in total. The summed E-state index contributed by atoms with van der Waals surface area (Å²) in [7, 11) is -2.09. The summed E-state index contributed by atoms with van der Waals surface area (Å²) < 4.78 is 40.3. The molecule has 1 aliphatic heterocycles. The van der Waals surface area contributed by atoms with Crippen LogP contribution >= 0.6 is 11.6 Å². The molecule has 0 bridgehead atoms. The number of ether oxygens (including phenoxy) is 1. The van der Waals surface area contributed by atoms with Gasteiger partial charge in [0.25, 0.3) is 0 Å². The number of benzene rings is 1. The van der Waals surface area contributed by atoms with Crippen molar-refractivity contribution < 1.29 is 22.5 Å². The van der Waals surface area contributed by atoms with Crippen molar-refractivity contribution in [2.75, 3.05) is 13.1 Å². The second-order valence-corrected chi connectivity index (χ2v) is 11.7. The van der Waals surface area contributed by atoms with E-state index in [9.17, 15) is 9.00 Å². The highest BCUT2D eigenvalue weighted by Gasteiger charge is 2.44. The molecule has 0 saturated carbocycles. The Bertz CT molecular complexity index is 985. The number of piperidine rings is 1. The monoisotopic (exact) mass is 458 g/mol. The maximum Gasteiger partial charge on any atom is 0.410 e. The van der Waals surface area contributed by atoms with E-state index in [0.29, 0.717) is 11.4 Å². The topological polar surface area (TPSA) is 72.6 Å². The molecule has 1 amide bonds. The number of fused-ring (bicyclic) bond motifs is 1. The van der Waals surface area contributed by atoms with Gasteiger partial charge in [0, 0.05) is 31.3 Å². The first-order valence-corrected chi connectivity index (χ1v) is 11.4. The fourth-order valence-electron chi connectivity index (χ4n) is 3.16. The van der Waals surface area contributed by atoms with Gasteiger partial charge in [-0.3, -0.25) is 4.21 Å². The molecule has 166 valence electrons. The number of aromatic nitrogens is 1. The number of nitrogens with zero attached hydrogens (tertiary/aromatic N) is 2. The van der Waals surface area contributed by atoms with Gasteiger partial charge in [0.05, 0.1) is 15.8 Å². The minimum absolute atomic E-state index is 0.0914. The number of rotatable bonds is 2. The molecule has 2 heterocycles. The number of halogens is 2. The van der Waals surface area contributed by atoms with Crippen LogP contribution in [0.1, 0.15) is 60.3 Å². The molecule has 6 nitrogen and oxygen atoms in total. The van der Waals surface area contributed by atoms with Crippen LogP contribution in [0, 0.1) is 0 Å². The normalized spacial score (nSPS) is 18.5. The summed E-state index contributed by atoms with van der Waals surface area (Å²) in [4.78, 5) is 18.3. The standard InChI is InChI=1S/C21H28ClFN2O4S/c1-19(2,3)17-24-14-8-7-13(22)16(15(14)28-17)30(27)21(23)9-11-25(12-10-21)18(26)29-20(4,5)6/h7-8H,9-12H2,1-6H3. The second kappa shape index (κ2) is 7.79. The molecular weight excluding hydrogens is 431 g/mol. The van der Waals surface area contributed by atoms with Crippen molar-refractivity contribution in [3.8, 4) is 0 Å². The Hall–Kier alpha value is -1.67. The number of carbonyl (C=O) groups is 1. The third-order valence-corrected chi connectivity index (χ3v) is 7.06. The zero-order chi connectivity index (χ0) is 22.5. The quantitative estimate of drug-likeness (QED) is 0.587. The van der Waals surface area contributed by atoms with E-state index in [-0.39, 0.29) is 46.8 Å². The SMILES string of the molecule is CC(C)(C)OC(=O)N1CCC(F)(S(=O)c2c(Cl)ccc3nc(C(C)(C)C)oc23)CC1. The molecule has 2 aromatic rings. The highest BCUT2D eigenvalue weighted by Crippen LogP contribution is 2.40. The fraction of sp³-hybridized carbons (Fsp3) is 0.619. The zero-order valence-electron chi connectivity index (χ0n) is 18.2. The van der Waals surface area contributed by atoms with Crippen LogP contribution in [0.15, 0.2) is 21.4 Å². The Morgan fingerprint density at radius 1 is 1.23 bits per heavy atom. The number of hydrogen-bond donors (Lipinski definition) is 0. The predicted molar refractivity (Wildman–Crippen MR) is 115 cm³/mol. The lowest BCUT2D eigenvalue weighted by Crippen LogP contribution is -2.48. The lowest BCUT2D eigenvalue weighted by Gasteiger charge is -2.36. The van der Waals surface area contributed by atoms with Crippen molar-refractivity contribution in [2.45, 2.75) is 75.3 Å². The molecule has 1 aromatic heterocycles. The van der Waals surface area contributed by atoms with Crippen LogP contribution in [0.2, 0.25) is 5.02 Å². The largest absolute Gasteiger partial charge is 0.444 e. The summed E-state index contributed by atoms with van der Waals surface area (Å²) in [6, 6.07) is 3.23. The van der Waals surface area contributed by atoms with Gasteiger partial charge >= 0.3 is 6.09 Å². The molecule has 3 rings (SSSR count). The van der Waals surface area contributed by atoms with E-state index in [2.05, 4.69) is 4.98 Å². The van der Waals surface area contributed by atoms with Crippen LogP contribution in [0.4, 0.5) is 9.18 Å². The van der Waals surface area contributed by atoms with Crippen molar-refractivity contribution in [3.63, 3.8) is 0 Å². The molecule has 9 heteroatoms. The van der Waals surface area contributed by atoms with Crippen LogP contribution in [0.3, 0.4) is 0 Å². The van der Waals surface area contributed by atoms with Gasteiger partial charge in [0.1, 0.15) is 16.0 Å². The minimum Gasteiger partial charge on any atom is -0.444 e. The first kappa shape index (κ1) is 23.0. The lowest BCUT2D eigenvalue weighted by molar-refractivity contribution is 0.0142. The first-order chi connectivity index (χ1) is 13.7. The Labute approximate surface area is 183 Å². The van der Waals surface area contributed by atoms with Crippen LogP contribution in [-0.2, 0) is 21.0 Å². The third kappa shape index (κ3) is 4.64. The molecule has 1 atom stereocenters. The number of amides is 1. The van der Waals surface area contributed by atoms with E-state index in [0.717, 1.165) is 0 Å². The molecule has 30 heavy (non-hydrogen) atoms. The van der Waals surface area contributed by atoms with Gasteiger partial charge in [-0.15, -0.1) is 0 Å². The maximum atomic E-state index is 15.8. The van der Waals surface area contributed by atoms with Crippen molar-refractivity contribution >= 4 is 39.6 Å². The molecule has 0 radical (unpaired) electrons. The average Bonchev–Trinajstić information content (AvgIpc) is 3.05. The Balaban J connectivity index is 1.87.